The van der Waals surface area contributed by atoms with Gasteiger partial charge in [-0.1, -0.05) is 0 Å². The first-order valence-electron chi connectivity index (χ1n) is 9.31. The fourth-order valence-corrected chi connectivity index (χ4v) is 4.43. The van der Waals surface area contributed by atoms with Crippen LogP contribution in [0.25, 0.3) is 0 Å². The Kier molecular flexibility index (Phi) is 3.41. The Balaban J connectivity index is 1.34. The number of hydrogen-bond acceptors (Lipinski definition) is 6. The van der Waals surface area contributed by atoms with Crippen molar-refractivity contribution in [3.63, 3.8) is 0 Å². The van der Waals surface area contributed by atoms with E-state index in [-0.39, 0.29) is 11.3 Å². The number of nitrogens with zero attached hydrogens (tertiary/aromatic N) is 4. The molecule has 5 rings (SSSR count). The van der Waals surface area contributed by atoms with Gasteiger partial charge in [0.2, 0.25) is 11.9 Å². The summed E-state index contributed by atoms with van der Waals surface area (Å²) in [6.07, 6.45) is 7.09. The van der Waals surface area contributed by atoms with Gasteiger partial charge in [-0.15, -0.1) is 0 Å². The van der Waals surface area contributed by atoms with Crippen LogP contribution >= 0.6 is 0 Å². The second-order valence-corrected chi connectivity index (χ2v) is 7.73. The molecule has 136 valence electrons. The molecule has 3 fully saturated rings. The molecule has 2 atom stereocenters. The van der Waals surface area contributed by atoms with Gasteiger partial charge >= 0.3 is 0 Å². The predicted molar refractivity (Wildman–Crippen MR) is 97.4 cm³/mol. The number of amides is 1. The van der Waals surface area contributed by atoms with Gasteiger partial charge in [0.25, 0.3) is 0 Å². The standard InChI is InChI=1S/C18H23N7O/c1-19-16(26)18-6-4-12(9-18)25(10-18)17-20-7-5-14(22-17)21-15-8-13(23-24-15)11-2-3-11/h5,7-8,11-12H,2-4,6,9-10H2,1H3,(H,19,26)(H2,20,21,22,23,24). The maximum Gasteiger partial charge on any atom is 0.227 e. The van der Waals surface area contributed by atoms with E-state index in [0.29, 0.717) is 24.5 Å². The van der Waals surface area contributed by atoms with Crippen molar-refractivity contribution in [2.24, 2.45) is 5.41 Å². The van der Waals surface area contributed by atoms with Crippen LogP contribution in [-0.4, -0.2) is 45.7 Å². The summed E-state index contributed by atoms with van der Waals surface area (Å²) in [6, 6.07) is 4.24. The van der Waals surface area contributed by atoms with Gasteiger partial charge in [0.05, 0.1) is 5.41 Å². The molecule has 2 saturated carbocycles. The molecule has 2 bridgehead atoms. The highest BCUT2D eigenvalue weighted by Crippen LogP contribution is 2.48. The van der Waals surface area contributed by atoms with E-state index in [1.165, 1.54) is 18.5 Å². The molecule has 1 saturated heterocycles. The number of piperidine rings is 1. The molecule has 1 amide bonds. The van der Waals surface area contributed by atoms with Crippen molar-refractivity contribution in [3.05, 3.63) is 24.0 Å². The minimum atomic E-state index is -0.284. The second kappa shape index (κ2) is 5.69. The molecule has 2 aromatic rings. The number of rotatable bonds is 5. The molecular weight excluding hydrogens is 330 g/mol. The summed E-state index contributed by atoms with van der Waals surface area (Å²) in [7, 11) is 1.72. The number of nitrogens with one attached hydrogen (secondary N) is 3. The van der Waals surface area contributed by atoms with Gasteiger partial charge < -0.3 is 15.5 Å². The van der Waals surface area contributed by atoms with Crippen molar-refractivity contribution in [3.8, 4) is 0 Å². The average Bonchev–Trinajstić information content (AvgIpc) is 3.11. The molecule has 3 aliphatic rings. The van der Waals surface area contributed by atoms with E-state index in [0.717, 1.165) is 30.9 Å². The Morgan fingerprint density at radius 2 is 2.23 bits per heavy atom. The Morgan fingerprint density at radius 3 is 3.04 bits per heavy atom. The highest BCUT2D eigenvalue weighted by molar-refractivity contribution is 5.84. The minimum absolute atomic E-state index is 0.140. The molecule has 2 aromatic heterocycles. The molecule has 8 heteroatoms. The van der Waals surface area contributed by atoms with Crippen molar-refractivity contribution in [2.45, 2.75) is 44.1 Å². The third-order valence-electron chi connectivity index (χ3n) is 5.98. The third kappa shape index (κ3) is 2.51. The van der Waals surface area contributed by atoms with Gasteiger partial charge in [-0.2, -0.15) is 10.1 Å². The lowest BCUT2D eigenvalue weighted by molar-refractivity contribution is -0.129. The molecule has 8 nitrogen and oxygen atoms in total. The Labute approximate surface area is 151 Å². The van der Waals surface area contributed by atoms with Gasteiger partial charge in [-0.3, -0.25) is 9.89 Å². The zero-order chi connectivity index (χ0) is 17.7. The van der Waals surface area contributed by atoms with Gasteiger partial charge in [-0.05, 0) is 38.2 Å². The monoisotopic (exact) mass is 353 g/mol. The highest BCUT2D eigenvalue weighted by atomic mass is 16.2. The quantitative estimate of drug-likeness (QED) is 0.760. The molecule has 3 heterocycles. The second-order valence-electron chi connectivity index (χ2n) is 7.73. The highest BCUT2D eigenvalue weighted by Gasteiger charge is 2.54. The maximum atomic E-state index is 12.3. The lowest BCUT2D eigenvalue weighted by Gasteiger charge is -2.31. The van der Waals surface area contributed by atoms with E-state index in [1.807, 2.05) is 6.07 Å². The number of hydrogen-bond donors (Lipinski definition) is 3. The summed E-state index contributed by atoms with van der Waals surface area (Å²) in [6.45, 7) is 0.690. The normalized spacial score (nSPS) is 27.0. The molecule has 2 aliphatic carbocycles. The predicted octanol–water partition coefficient (Wildman–Crippen LogP) is 1.93. The summed E-state index contributed by atoms with van der Waals surface area (Å²) in [4.78, 5) is 23.7. The van der Waals surface area contributed by atoms with E-state index < -0.39 is 0 Å². The first-order chi connectivity index (χ1) is 12.7. The van der Waals surface area contributed by atoms with Crippen LogP contribution in [0.15, 0.2) is 18.3 Å². The first-order valence-corrected chi connectivity index (χ1v) is 9.31. The summed E-state index contributed by atoms with van der Waals surface area (Å²) < 4.78 is 0. The zero-order valence-electron chi connectivity index (χ0n) is 14.8. The van der Waals surface area contributed by atoms with Crippen LogP contribution in [0.4, 0.5) is 17.6 Å². The molecule has 0 aromatic carbocycles. The number of aromatic amines is 1. The fraction of sp³-hybridized carbons (Fsp3) is 0.556. The van der Waals surface area contributed by atoms with E-state index in [4.69, 9.17) is 0 Å². The van der Waals surface area contributed by atoms with E-state index in [9.17, 15) is 4.79 Å². The smallest absolute Gasteiger partial charge is 0.227 e. The van der Waals surface area contributed by atoms with Gasteiger partial charge in [0.15, 0.2) is 5.82 Å². The maximum absolute atomic E-state index is 12.3. The molecule has 0 spiro atoms. The lowest BCUT2D eigenvalue weighted by atomic mass is 9.86. The summed E-state index contributed by atoms with van der Waals surface area (Å²) >= 11 is 0. The van der Waals surface area contributed by atoms with Crippen LogP contribution in [0.2, 0.25) is 0 Å². The topological polar surface area (TPSA) is 98.8 Å². The van der Waals surface area contributed by atoms with E-state index >= 15 is 0 Å². The van der Waals surface area contributed by atoms with Gasteiger partial charge in [0.1, 0.15) is 5.82 Å². The molecular formula is C18H23N7O. The van der Waals surface area contributed by atoms with Crippen LogP contribution in [0.5, 0.6) is 0 Å². The van der Waals surface area contributed by atoms with Crippen molar-refractivity contribution in [2.75, 3.05) is 23.8 Å². The summed E-state index contributed by atoms with van der Waals surface area (Å²) in [5.74, 6) is 2.96. The Hall–Kier alpha value is -2.64. The Morgan fingerprint density at radius 1 is 1.35 bits per heavy atom. The van der Waals surface area contributed by atoms with Crippen LogP contribution in [-0.2, 0) is 4.79 Å². The zero-order valence-corrected chi connectivity index (χ0v) is 14.8. The minimum Gasteiger partial charge on any atom is -0.359 e. The lowest BCUT2D eigenvalue weighted by Crippen LogP contribution is -2.43. The van der Waals surface area contributed by atoms with Crippen LogP contribution < -0.4 is 15.5 Å². The average molecular weight is 353 g/mol. The van der Waals surface area contributed by atoms with Gasteiger partial charge in [-0.25, -0.2) is 4.98 Å². The fourth-order valence-electron chi connectivity index (χ4n) is 4.43. The molecule has 26 heavy (non-hydrogen) atoms. The number of aromatic nitrogens is 4. The van der Waals surface area contributed by atoms with Crippen LogP contribution in [0, 0.1) is 5.41 Å². The summed E-state index contributed by atoms with van der Waals surface area (Å²) in [5.41, 5.74) is 0.902. The summed E-state index contributed by atoms with van der Waals surface area (Å²) in [5, 5.41) is 13.5. The largest absolute Gasteiger partial charge is 0.359 e. The molecule has 3 N–H and O–H groups in total. The number of carbonyl (C=O) groups excluding carboxylic acids is 1. The number of fused-ring (bicyclic) bond motifs is 2. The molecule has 1 aliphatic heterocycles. The van der Waals surface area contributed by atoms with E-state index in [2.05, 4.69) is 41.8 Å². The van der Waals surface area contributed by atoms with Crippen molar-refractivity contribution in [1.29, 1.82) is 0 Å². The molecule has 2 unspecified atom stereocenters. The Bertz CT molecular complexity index is 846. The SMILES string of the molecule is CNC(=O)C12CCC(C1)N(c1nccc(Nc3cc(C4CC4)[nH]n3)n1)C2. The van der Waals surface area contributed by atoms with Gasteiger partial charge in [0, 0.05) is 43.5 Å². The van der Waals surface area contributed by atoms with Crippen molar-refractivity contribution < 1.29 is 4.79 Å². The number of anilines is 3. The third-order valence-corrected chi connectivity index (χ3v) is 5.98. The number of H-pyrrole nitrogens is 1. The van der Waals surface area contributed by atoms with Crippen LogP contribution in [0.3, 0.4) is 0 Å². The van der Waals surface area contributed by atoms with Crippen molar-refractivity contribution >= 4 is 23.5 Å². The first kappa shape index (κ1) is 15.6. The number of carbonyl (C=O) groups is 1. The van der Waals surface area contributed by atoms with Crippen LogP contribution in [0.1, 0.15) is 43.7 Å². The van der Waals surface area contributed by atoms with Crippen molar-refractivity contribution in [1.82, 2.24) is 25.5 Å². The van der Waals surface area contributed by atoms with E-state index in [1.54, 1.807) is 13.2 Å². The molecule has 0 radical (unpaired) electrons.